The Balaban J connectivity index is 3.97. The normalized spacial score (nSPS) is 11.4. The summed E-state index contributed by atoms with van der Waals surface area (Å²) in [5.41, 5.74) is 0. The Labute approximate surface area is 61.0 Å². The zero-order valence-corrected chi connectivity index (χ0v) is 6.42. The first-order valence-electron chi connectivity index (χ1n) is 2.90. The third-order valence-electron chi connectivity index (χ3n) is 1.28. The van der Waals surface area contributed by atoms with Crippen LogP contribution in [0.3, 0.4) is 0 Å². The first-order chi connectivity index (χ1) is 4.63. The fourth-order valence-corrected chi connectivity index (χ4v) is 0.414. The largest absolute Gasteiger partial charge is 0.453 e. The van der Waals surface area contributed by atoms with E-state index < -0.39 is 6.09 Å². The second-order valence-corrected chi connectivity index (χ2v) is 1.92. The Bertz CT molecular complexity index is 159. The molecule has 0 aliphatic rings. The van der Waals surface area contributed by atoms with E-state index in [0.717, 1.165) is 0 Å². The molecule has 3 heteroatoms. The van der Waals surface area contributed by atoms with Crippen LogP contribution in [0, 0.1) is 12.3 Å². The molecule has 0 radical (unpaired) electrons. The predicted octanol–water partition coefficient (Wildman–Crippen LogP) is 0.706. The van der Waals surface area contributed by atoms with Crippen LogP contribution in [0.1, 0.15) is 6.92 Å². The Morgan fingerprint density at radius 1 is 1.80 bits per heavy atom. The van der Waals surface area contributed by atoms with E-state index in [2.05, 4.69) is 10.7 Å². The van der Waals surface area contributed by atoms with Crippen LogP contribution in [0.4, 0.5) is 4.79 Å². The molecule has 0 aromatic rings. The quantitative estimate of drug-likeness (QED) is 0.503. The Hall–Kier alpha value is -1.17. The molecule has 3 nitrogen and oxygen atoms in total. The van der Waals surface area contributed by atoms with Gasteiger partial charge >= 0.3 is 6.09 Å². The number of hydrogen-bond acceptors (Lipinski definition) is 2. The summed E-state index contributed by atoms with van der Waals surface area (Å²) < 4.78 is 4.43. The molecule has 0 bridgehead atoms. The van der Waals surface area contributed by atoms with Gasteiger partial charge in [0.15, 0.2) is 0 Å². The summed E-state index contributed by atoms with van der Waals surface area (Å²) in [7, 11) is 2.92. The second-order valence-electron chi connectivity index (χ2n) is 1.92. The minimum atomic E-state index is -0.412. The van der Waals surface area contributed by atoms with Crippen LogP contribution in [0.25, 0.3) is 0 Å². The van der Waals surface area contributed by atoms with Crippen molar-refractivity contribution >= 4 is 6.09 Å². The van der Waals surface area contributed by atoms with Crippen LogP contribution in [0.5, 0.6) is 0 Å². The maximum absolute atomic E-state index is 10.7. The second kappa shape index (κ2) is 3.78. The molecule has 0 rings (SSSR count). The molecular formula is C7H11NO2. The van der Waals surface area contributed by atoms with Gasteiger partial charge in [-0.2, -0.15) is 0 Å². The predicted molar refractivity (Wildman–Crippen MR) is 38.5 cm³/mol. The van der Waals surface area contributed by atoms with Gasteiger partial charge in [0, 0.05) is 7.05 Å². The maximum Gasteiger partial charge on any atom is 0.410 e. The van der Waals surface area contributed by atoms with Crippen LogP contribution in [0.15, 0.2) is 0 Å². The number of rotatable bonds is 1. The molecular weight excluding hydrogens is 130 g/mol. The third-order valence-corrected chi connectivity index (χ3v) is 1.28. The van der Waals surface area contributed by atoms with E-state index in [1.54, 1.807) is 14.0 Å². The molecule has 0 aromatic carbocycles. The van der Waals surface area contributed by atoms with Crippen molar-refractivity contribution in [1.29, 1.82) is 0 Å². The molecule has 56 valence electrons. The van der Waals surface area contributed by atoms with E-state index in [0.29, 0.717) is 0 Å². The summed E-state index contributed by atoms with van der Waals surface area (Å²) in [6.07, 6.45) is 4.65. The minimum Gasteiger partial charge on any atom is -0.453 e. The zero-order chi connectivity index (χ0) is 8.15. The van der Waals surface area contributed by atoms with Gasteiger partial charge in [-0.15, -0.1) is 6.42 Å². The fourth-order valence-electron chi connectivity index (χ4n) is 0.414. The van der Waals surface area contributed by atoms with Crippen LogP contribution in [-0.2, 0) is 4.74 Å². The third kappa shape index (κ3) is 1.98. The lowest BCUT2D eigenvalue weighted by Crippen LogP contribution is -2.33. The highest BCUT2D eigenvalue weighted by molar-refractivity contribution is 5.67. The average molecular weight is 141 g/mol. The number of methoxy groups -OCH3 is 1. The van der Waals surface area contributed by atoms with E-state index in [-0.39, 0.29) is 6.04 Å². The van der Waals surface area contributed by atoms with Gasteiger partial charge in [0.05, 0.1) is 13.2 Å². The summed E-state index contributed by atoms with van der Waals surface area (Å²) in [6.45, 7) is 1.75. The number of carbonyl (C=O) groups excluding carboxylic acids is 1. The topological polar surface area (TPSA) is 29.5 Å². The van der Waals surface area contributed by atoms with Gasteiger partial charge in [-0.05, 0) is 6.92 Å². The van der Waals surface area contributed by atoms with Crippen LogP contribution < -0.4 is 0 Å². The number of amides is 1. The lowest BCUT2D eigenvalue weighted by atomic mass is 10.3. The standard InChI is InChI=1S/C7H11NO2/c1-5-6(2)8(3)7(9)10-4/h1,6H,2-4H3. The van der Waals surface area contributed by atoms with Crippen LogP contribution >= 0.6 is 0 Å². The molecule has 0 aliphatic carbocycles. The minimum absolute atomic E-state index is 0.215. The highest BCUT2D eigenvalue weighted by atomic mass is 16.5. The van der Waals surface area contributed by atoms with Gasteiger partial charge in [0.1, 0.15) is 0 Å². The molecule has 0 aliphatic heterocycles. The van der Waals surface area contributed by atoms with Crippen molar-refractivity contribution in [3.05, 3.63) is 0 Å². The number of hydrogen-bond donors (Lipinski definition) is 0. The number of ether oxygens (including phenoxy) is 1. The molecule has 1 atom stereocenters. The first-order valence-corrected chi connectivity index (χ1v) is 2.90. The Morgan fingerprint density at radius 2 is 2.30 bits per heavy atom. The van der Waals surface area contributed by atoms with E-state index >= 15 is 0 Å². The SMILES string of the molecule is C#CC(C)N(C)C(=O)OC. The van der Waals surface area contributed by atoms with E-state index in [9.17, 15) is 4.79 Å². The first kappa shape index (κ1) is 8.83. The average Bonchev–Trinajstić information content (AvgIpc) is 2.00. The van der Waals surface area contributed by atoms with E-state index in [1.165, 1.54) is 12.0 Å². The number of carbonyl (C=O) groups is 1. The molecule has 0 N–H and O–H groups in total. The lowest BCUT2D eigenvalue weighted by molar-refractivity contribution is 0.128. The molecule has 0 aromatic heterocycles. The van der Waals surface area contributed by atoms with Crippen molar-refractivity contribution in [3.63, 3.8) is 0 Å². The highest BCUT2D eigenvalue weighted by Gasteiger charge is 2.12. The smallest absolute Gasteiger partial charge is 0.410 e. The van der Waals surface area contributed by atoms with Crippen LogP contribution in [0.2, 0.25) is 0 Å². The molecule has 0 heterocycles. The van der Waals surface area contributed by atoms with Crippen molar-refractivity contribution in [2.75, 3.05) is 14.2 Å². The van der Waals surface area contributed by atoms with Gasteiger partial charge < -0.3 is 4.74 Å². The molecule has 1 unspecified atom stereocenters. The van der Waals surface area contributed by atoms with Crippen LogP contribution in [-0.4, -0.2) is 31.2 Å². The van der Waals surface area contributed by atoms with Crippen molar-refractivity contribution in [2.45, 2.75) is 13.0 Å². The maximum atomic E-state index is 10.7. The van der Waals surface area contributed by atoms with Gasteiger partial charge in [0.25, 0.3) is 0 Å². The highest BCUT2D eigenvalue weighted by Crippen LogP contribution is 1.95. The molecule has 10 heavy (non-hydrogen) atoms. The van der Waals surface area contributed by atoms with Gasteiger partial charge in [-0.3, -0.25) is 4.90 Å². The lowest BCUT2D eigenvalue weighted by Gasteiger charge is -2.18. The molecule has 0 spiro atoms. The van der Waals surface area contributed by atoms with Crippen molar-refractivity contribution < 1.29 is 9.53 Å². The monoisotopic (exact) mass is 141 g/mol. The summed E-state index contributed by atoms with van der Waals surface area (Å²) in [5, 5.41) is 0. The van der Waals surface area contributed by atoms with Crippen molar-refractivity contribution in [2.24, 2.45) is 0 Å². The van der Waals surface area contributed by atoms with Crippen molar-refractivity contribution in [1.82, 2.24) is 4.90 Å². The number of terminal acetylenes is 1. The summed E-state index contributed by atoms with van der Waals surface area (Å²) in [5.74, 6) is 2.41. The molecule has 0 saturated carbocycles. The fraction of sp³-hybridized carbons (Fsp3) is 0.571. The summed E-state index contributed by atoms with van der Waals surface area (Å²) in [4.78, 5) is 12.1. The molecule has 1 amide bonds. The Morgan fingerprint density at radius 3 is 2.60 bits per heavy atom. The number of nitrogens with zero attached hydrogens (tertiary/aromatic N) is 1. The van der Waals surface area contributed by atoms with Crippen molar-refractivity contribution in [3.8, 4) is 12.3 Å². The van der Waals surface area contributed by atoms with Gasteiger partial charge in [-0.1, -0.05) is 5.92 Å². The van der Waals surface area contributed by atoms with E-state index in [4.69, 9.17) is 6.42 Å². The zero-order valence-electron chi connectivity index (χ0n) is 6.42. The summed E-state index contributed by atoms with van der Waals surface area (Å²) >= 11 is 0. The van der Waals surface area contributed by atoms with Gasteiger partial charge in [0.2, 0.25) is 0 Å². The van der Waals surface area contributed by atoms with E-state index in [1.807, 2.05) is 0 Å². The Kier molecular flexibility index (Phi) is 3.34. The van der Waals surface area contributed by atoms with Gasteiger partial charge in [-0.25, -0.2) is 4.79 Å². The molecule has 0 saturated heterocycles. The molecule has 0 fully saturated rings. The summed E-state index contributed by atoms with van der Waals surface area (Å²) in [6, 6.07) is -0.215.